The van der Waals surface area contributed by atoms with Crippen molar-refractivity contribution in [3.63, 3.8) is 0 Å². The molecule has 1 fully saturated rings. The van der Waals surface area contributed by atoms with Crippen LogP contribution in [-0.2, 0) is 4.79 Å². The number of halogens is 3. The average molecular weight is 266 g/mol. The van der Waals surface area contributed by atoms with Crippen LogP contribution in [0.5, 0.6) is 0 Å². The minimum absolute atomic E-state index is 0.0694. The highest BCUT2D eigenvalue weighted by atomic mass is 19.4. The highest BCUT2D eigenvalue weighted by Crippen LogP contribution is 2.33. The Morgan fingerprint density at radius 2 is 1.89 bits per heavy atom. The molecule has 2 unspecified atom stereocenters. The number of hydrogen-bond acceptors (Lipinski definition) is 2. The summed E-state index contributed by atoms with van der Waals surface area (Å²) in [5, 5.41) is 0. The van der Waals surface area contributed by atoms with Gasteiger partial charge in [-0.25, -0.2) is 0 Å². The number of carbonyl (C=O) groups is 1. The maximum absolute atomic E-state index is 12.7. The quantitative estimate of drug-likeness (QED) is 0.832. The molecule has 0 spiro atoms. The van der Waals surface area contributed by atoms with Crippen LogP contribution in [0, 0.1) is 11.8 Å². The van der Waals surface area contributed by atoms with Crippen molar-refractivity contribution in [2.45, 2.75) is 45.3 Å². The smallest absolute Gasteiger partial charge is 0.343 e. The molecular weight excluding hydrogens is 245 g/mol. The van der Waals surface area contributed by atoms with E-state index in [1.54, 1.807) is 0 Å². The van der Waals surface area contributed by atoms with Gasteiger partial charge in [-0.1, -0.05) is 13.8 Å². The standard InChI is InChI=1S/C12H21F3N2O/c1-8(2)7-11(18)17-5-3-9(12(13,14)15)10(16)4-6-17/h8-10H,3-7,16H2,1-2H3. The van der Waals surface area contributed by atoms with E-state index in [1.807, 2.05) is 13.8 Å². The first-order valence-electron chi connectivity index (χ1n) is 6.32. The molecule has 0 saturated carbocycles. The largest absolute Gasteiger partial charge is 0.393 e. The van der Waals surface area contributed by atoms with Crippen LogP contribution in [0.25, 0.3) is 0 Å². The third-order valence-corrected chi connectivity index (χ3v) is 3.32. The van der Waals surface area contributed by atoms with Crippen molar-refractivity contribution in [1.29, 1.82) is 0 Å². The van der Waals surface area contributed by atoms with E-state index in [0.717, 1.165) is 0 Å². The Kier molecular flexibility index (Phi) is 5.01. The second kappa shape index (κ2) is 5.91. The van der Waals surface area contributed by atoms with Crippen LogP contribution in [0.4, 0.5) is 13.2 Å². The van der Waals surface area contributed by atoms with Gasteiger partial charge in [-0.2, -0.15) is 13.2 Å². The molecule has 0 aromatic heterocycles. The molecule has 0 bridgehead atoms. The van der Waals surface area contributed by atoms with Gasteiger partial charge in [0.25, 0.3) is 0 Å². The summed E-state index contributed by atoms with van der Waals surface area (Å²) in [6.07, 6.45) is -3.76. The van der Waals surface area contributed by atoms with Crippen molar-refractivity contribution in [2.24, 2.45) is 17.6 Å². The SMILES string of the molecule is CC(C)CC(=O)N1CCC(N)C(C(F)(F)F)CC1. The summed E-state index contributed by atoms with van der Waals surface area (Å²) in [4.78, 5) is 13.3. The molecule has 3 nitrogen and oxygen atoms in total. The maximum Gasteiger partial charge on any atom is 0.393 e. The molecule has 18 heavy (non-hydrogen) atoms. The lowest BCUT2D eigenvalue weighted by atomic mass is 9.95. The molecule has 2 N–H and O–H groups in total. The summed E-state index contributed by atoms with van der Waals surface area (Å²) in [6.45, 7) is 4.32. The van der Waals surface area contributed by atoms with E-state index in [9.17, 15) is 18.0 Å². The van der Waals surface area contributed by atoms with Crippen LogP contribution in [0.1, 0.15) is 33.1 Å². The fraction of sp³-hybridized carbons (Fsp3) is 0.917. The van der Waals surface area contributed by atoms with E-state index in [0.29, 0.717) is 13.0 Å². The first-order chi connectivity index (χ1) is 8.21. The summed E-state index contributed by atoms with van der Waals surface area (Å²) in [5.41, 5.74) is 5.57. The molecule has 1 saturated heterocycles. The van der Waals surface area contributed by atoms with Gasteiger partial charge in [0.2, 0.25) is 5.91 Å². The Balaban J connectivity index is 2.62. The number of amides is 1. The lowest BCUT2D eigenvalue weighted by molar-refractivity contribution is -0.181. The molecule has 1 heterocycles. The van der Waals surface area contributed by atoms with Gasteiger partial charge >= 0.3 is 6.18 Å². The minimum atomic E-state index is -4.27. The topological polar surface area (TPSA) is 46.3 Å². The second-order valence-corrected chi connectivity index (χ2v) is 5.37. The predicted molar refractivity (Wildman–Crippen MR) is 62.8 cm³/mol. The molecule has 2 atom stereocenters. The Bertz CT molecular complexity index is 292. The third-order valence-electron chi connectivity index (χ3n) is 3.32. The summed E-state index contributed by atoms with van der Waals surface area (Å²) in [6, 6.07) is -0.901. The van der Waals surface area contributed by atoms with Gasteiger partial charge in [0.15, 0.2) is 0 Å². The highest BCUT2D eigenvalue weighted by molar-refractivity contribution is 5.76. The molecule has 0 aromatic carbocycles. The summed E-state index contributed by atoms with van der Waals surface area (Å²) >= 11 is 0. The van der Waals surface area contributed by atoms with Gasteiger partial charge in [0, 0.05) is 25.6 Å². The van der Waals surface area contributed by atoms with E-state index >= 15 is 0 Å². The van der Waals surface area contributed by atoms with Crippen LogP contribution < -0.4 is 5.73 Å². The summed E-state index contributed by atoms with van der Waals surface area (Å²) in [7, 11) is 0. The molecular formula is C12H21F3N2O. The van der Waals surface area contributed by atoms with Gasteiger partial charge in [-0.3, -0.25) is 4.79 Å². The first kappa shape index (κ1) is 15.3. The maximum atomic E-state index is 12.7. The van der Waals surface area contributed by atoms with E-state index in [-0.39, 0.29) is 31.2 Å². The van der Waals surface area contributed by atoms with Crippen molar-refractivity contribution in [3.8, 4) is 0 Å². The van der Waals surface area contributed by atoms with Crippen molar-refractivity contribution in [1.82, 2.24) is 4.90 Å². The third kappa shape index (κ3) is 4.15. The van der Waals surface area contributed by atoms with E-state index < -0.39 is 18.1 Å². The second-order valence-electron chi connectivity index (χ2n) is 5.37. The highest BCUT2D eigenvalue weighted by Gasteiger charge is 2.44. The van der Waals surface area contributed by atoms with Gasteiger partial charge in [-0.05, 0) is 18.8 Å². The predicted octanol–water partition coefficient (Wildman–Crippen LogP) is 2.16. The van der Waals surface area contributed by atoms with Gasteiger partial charge in [-0.15, -0.1) is 0 Å². The van der Waals surface area contributed by atoms with Crippen LogP contribution in [0.15, 0.2) is 0 Å². The molecule has 1 rings (SSSR count). The van der Waals surface area contributed by atoms with Crippen LogP contribution in [0.2, 0.25) is 0 Å². The lowest BCUT2D eigenvalue weighted by Gasteiger charge is -2.23. The first-order valence-corrected chi connectivity index (χ1v) is 6.32. The number of hydrogen-bond donors (Lipinski definition) is 1. The van der Waals surface area contributed by atoms with E-state index in [2.05, 4.69) is 0 Å². The Hall–Kier alpha value is -0.780. The van der Waals surface area contributed by atoms with Crippen molar-refractivity contribution < 1.29 is 18.0 Å². The van der Waals surface area contributed by atoms with Crippen molar-refractivity contribution >= 4 is 5.91 Å². The number of nitrogens with two attached hydrogens (primary N) is 1. The van der Waals surface area contributed by atoms with Crippen molar-refractivity contribution in [2.75, 3.05) is 13.1 Å². The average Bonchev–Trinajstić information content (AvgIpc) is 2.37. The Morgan fingerprint density at radius 3 is 2.39 bits per heavy atom. The zero-order valence-electron chi connectivity index (χ0n) is 10.8. The minimum Gasteiger partial charge on any atom is -0.343 e. The van der Waals surface area contributed by atoms with Crippen LogP contribution >= 0.6 is 0 Å². The van der Waals surface area contributed by atoms with Gasteiger partial charge in [0.05, 0.1) is 5.92 Å². The number of likely N-dealkylation sites (tertiary alicyclic amines) is 1. The molecule has 1 aliphatic rings. The normalized spacial score (nSPS) is 26.3. The molecule has 106 valence electrons. The number of nitrogens with zero attached hydrogens (tertiary/aromatic N) is 1. The van der Waals surface area contributed by atoms with Gasteiger partial charge < -0.3 is 10.6 Å². The zero-order chi connectivity index (χ0) is 13.9. The fourth-order valence-corrected chi connectivity index (χ4v) is 2.26. The number of carbonyl (C=O) groups excluding carboxylic acids is 1. The number of rotatable bonds is 2. The summed E-state index contributed by atoms with van der Waals surface area (Å²) < 4.78 is 38.2. The summed E-state index contributed by atoms with van der Waals surface area (Å²) in [5.74, 6) is -1.35. The van der Waals surface area contributed by atoms with E-state index in [1.165, 1.54) is 4.90 Å². The molecule has 6 heteroatoms. The molecule has 0 radical (unpaired) electrons. The molecule has 0 aliphatic carbocycles. The monoisotopic (exact) mass is 266 g/mol. The fourth-order valence-electron chi connectivity index (χ4n) is 2.26. The lowest BCUT2D eigenvalue weighted by Crippen LogP contribution is -2.39. The van der Waals surface area contributed by atoms with Crippen LogP contribution in [-0.4, -0.2) is 36.1 Å². The molecule has 1 amide bonds. The van der Waals surface area contributed by atoms with Gasteiger partial charge in [0.1, 0.15) is 0 Å². The molecule has 1 aliphatic heterocycles. The molecule has 0 aromatic rings. The Morgan fingerprint density at radius 1 is 1.33 bits per heavy atom. The van der Waals surface area contributed by atoms with E-state index in [4.69, 9.17) is 5.73 Å². The number of alkyl halides is 3. The Labute approximate surface area is 106 Å². The zero-order valence-corrected chi connectivity index (χ0v) is 10.8. The van der Waals surface area contributed by atoms with Crippen molar-refractivity contribution in [3.05, 3.63) is 0 Å². The van der Waals surface area contributed by atoms with Crippen LogP contribution in [0.3, 0.4) is 0 Å².